The van der Waals surface area contributed by atoms with Crippen molar-refractivity contribution in [3.8, 4) is 0 Å². The summed E-state index contributed by atoms with van der Waals surface area (Å²) in [6.45, 7) is 3.41. The van der Waals surface area contributed by atoms with Crippen LogP contribution in [-0.2, 0) is 0 Å². The van der Waals surface area contributed by atoms with Crippen LogP contribution in [0.15, 0.2) is 22.9 Å². The summed E-state index contributed by atoms with van der Waals surface area (Å²) in [7, 11) is 0. The molecule has 1 fully saturated rings. The molecule has 1 saturated heterocycles. The number of halogens is 1. The van der Waals surface area contributed by atoms with Crippen molar-refractivity contribution in [3.63, 3.8) is 0 Å². The lowest BCUT2D eigenvalue weighted by atomic mass is 9.99. The fraction of sp³-hybridized carbons (Fsp3) is 0.615. The summed E-state index contributed by atoms with van der Waals surface area (Å²) >= 11 is 3.46. The van der Waals surface area contributed by atoms with E-state index >= 15 is 0 Å². The Balaban J connectivity index is 1.84. The van der Waals surface area contributed by atoms with E-state index < -0.39 is 0 Å². The predicted octanol–water partition coefficient (Wildman–Crippen LogP) is 3.18. The van der Waals surface area contributed by atoms with Crippen LogP contribution in [0, 0.1) is 0 Å². The molecule has 0 spiro atoms. The molecule has 94 valence electrons. The number of hydrogen-bond acceptors (Lipinski definition) is 3. The minimum Gasteiger partial charge on any atom is -0.380 e. The first-order valence-electron chi connectivity index (χ1n) is 6.36. The van der Waals surface area contributed by atoms with E-state index in [2.05, 4.69) is 44.5 Å². The molecule has 1 aromatic rings. The van der Waals surface area contributed by atoms with Crippen molar-refractivity contribution in [1.29, 1.82) is 0 Å². The molecule has 1 aliphatic heterocycles. The van der Waals surface area contributed by atoms with Crippen molar-refractivity contribution >= 4 is 21.6 Å². The average molecular weight is 298 g/mol. The third-order valence-electron chi connectivity index (χ3n) is 3.21. The maximum absolute atomic E-state index is 4.22. The van der Waals surface area contributed by atoms with Crippen LogP contribution in [0.2, 0.25) is 0 Å². The van der Waals surface area contributed by atoms with Crippen LogP contribution in [-0.4, -0.2) is 23.6 Å². The van der Waals surface area contributed by atoms with E-state index in [0.717, 1.165) is 10.3 Å². The van der Waals surface area contributed by atoms with Gasteiger partial charge >= 0.3 is 0 Å². The summed E-state index contributed by atoms with van der Waals surface area (Å²) in [5, 5.41) is 7.09. The maximum Gasteiger partial charge on any atom is 0.129 e. The van der Waals surface area contributed by atoms with Gasteiger partial charge in [-0.1, -0.05) is 6.42 Å². The zero-order valence-corrected chi connectivity index (χ0v) is 11.8. The van der Waals surface area contributed by atoms with Gasteiger partial charge in [-0.25, -0.2) is 4.98 Å². The number of rotatable bonds is 4. The summed E-state index contributed by atoms with van der Waals surface area (Å²) < 4.78 is 0.892. The van der Waals surface area contributed by atoms with Crippen LogP contribution in [0.25, 0.3) is 0 Å². The Morgan fingerprint density at radius 3 is 3.18 bits per heavy atom. The average Bonchev–Trinajstić information content (AvgIpc) is 2.33. The third kappa shape index (κ3) is 3.96. The van der Waals surface area contributed by atoms with E-state index in [9.17, 15) is 0 Å². The van der Waals surface area contributed by atoms with Crippen molar-refractivity contribution in [2.45, 2.75) is 44.7 Å². The van der Waals surface area contributed by atoms with Gasteiger partial charge in [0.15, 0.2) is 0 Å². The molecule has 0 aromatic carbocycles. The second kappa shape index (κ2) is 6.36. The highest BCUT2D eigenvalue weighted by atomic mass is 79.9. The molecule has 2 atom stereocenters. The molecular formula is C13H20BrN3. The van der Waals surface area contributed by atoms with E-state index in [1.165, 1.54) is 32.2 Å². The Morgan fingerprint density at radius 1 is 1.59 bits per heavy atom. The zero-order valence-electron chi connectivity index (χ0n) is 10.2. The molecule has 0 amide bonds. The lowest BCUT2D eigenvalue weighted by Gasteiger charge is -2.27. The molecule has 3 nitrogen and oxygen atoms in total. The van der Waals surface area contributed by atoms with Gasteiger partial charge in [0.1, 0.15) is 4.60 Å². The van der Waals surface area contributed by atoms with Gasteiger partial charge in [0.2, 0.25) is 0 Å². The predicted molar refractivity (Wildman–Crippen MR) is 75.3 cm³/mol. The smallest absolute Gasteiger partial charge is 0.129 e. The topological polar surface area (TPSA) is 37.0 Å². The monoisotopic (exact) mass is 297 g/mol. The maximum atomic E-state index is 4.22. The summed E-state index contributed by atoms with van der Waals surface area (Å²) in [6.07, 6.45) is 6.96. The fourth-order valence-electron chi connectivity index (χ4n) is 2.37. The number of nitrogens with one attached hydrogen (secondary N) is 2. The highest BCUT2D eigenvalue weighted by Gasteiger charge is 2.16. The number of anilines is 1. The van der Waals surface area contributed by atoms with Gasteiger partial charge in [-0.05, 0) is 60.8 Å². The molecule has 2 unspecified atom stereocenters. The van der Waals surface area contributed by atoms with Crippen molar-refractivity contribution in [1.82, 2.24) is 10.3 Å². The van der Waals surface area contributed by atoms with Gasteiger partial charge in [-0.3, -0.25) is 0 Å². The Bertz CT molecular complexity index is 350. The Hall–Kier alpha value is -0.610. The van der Waals surface area contributed by atoms with Crippen LogP contribution in [0.5, 0.6) is 0 Å². The number of hydrogen-bond donors (Lipinski definition) is 2. The Kier molecular flexibility index (Phi) is 4.80. The van der Waals surface area contributed by atoms with Gasteiger partial charge in [-0.2, -0.15) is 0 Å². The van der Waals surface area contributed by atoms with E-state index in [1.807, 2.05) is 6.07 Å². The lowest BCUT2D eigenvalue weighted by molar-refractivity contribution is 0.371. The van der Waals surface area contributed by atoms with Crippen molar-refractivity contribution in [2.24, 2.45) is 0 Å². The Morgan fingerprint density at radius 2 is 2.47 bits per heavy atom. The van der Waals surface area contributed by atoms with Gasteiger partial charge in [0.25, 0.3) is 0 Å². The standard InChI is InChI=1S/C13H20BrN3/c1-10(9-11-5-2-3-7-15-11)17-12-6-4-8-16-13(12)14/h4,6,8,10-11,15,17H,2-3,5,7,9H2,1H3. The molecule has 1 aromatic heterocycles. The second-order valence-electron chi connectivity index (χ2n) is 4.77. The van der Waals surface area contributed by atoms with E-state index in [-0.39, 0.29) is 0 Å². The van der Waals surface area contributed by atoms with Crippen molar-refractivity contribution < 1.29 is 0 Å². The van der Waals surface area contributed by atoms with Gasteiger partial charge in [0.05, 0.1) is 5.69 Å². The first kappa shape index (κ1) is 12.8. The lowest BCUT2D eigenvalue weighted by Crippen LogP contribution is -2.37. The van der Waals surface area contributed by atoms with E-state index in [1.54, 1.807) is 6.20 Å². The molecule has 17 heavy (non-hydrogen) atoms. The molecule has 4 heteroatoms. The Labute approximate surface area is 112 Å². The van der Waals surface area contributed by atoms with Crippen molar-refractivity contribution in [3.05, 3.63) is 22.9 Å². The van der Waals surface area contributed by atoms with Crippen molar-refractivity contribution in [2.75, 3.05) is 11.9 Å². The molecule has 0 saturated carbocycles. The van der Waals surface area contributed by atoms with Gasteiger partial charge < -0.3 is 10.6 Å². The highest BCUT2D eigenvalue weighted by Crippen LogP contribution is 2.21. The highest BCUT2D eigenvalue weighted by molar-refractivity contribution is 9.10. The van der Waals surface area contributed by atoms with Gasteiger partial charge in [-0.15, -0.1) is 0 Å². The summed E-state index contributed by atoms with van der Waals surface area (Å²) in [5.41, 5.74) is 1.08. The van der Waals surface area contributed by atoms with Gasteiger partial charge in [0, 0.05) is 18.3 Å². The van der Waals surface area contributed by atoms with Crippen LogP contribution in [0.3, 0.4) is 0 Å². The molecule has 1 aliphatic rings. The number of pyridine rings is 1. The minimum absolute atomic E-state index is 0.464. The number of nitrogens with zero attached hydrogens (tertiary/aromatic N) is 1. The van der Waals surface area contributed by atoms with Crippen LogP contribution in [0.1, 0.15) is 32.6 Å². The van der Waals surface area contributed by atoms with Crippen LogP contribution < -0.4 is 10.6 Å². The molecule has 0 radical (unpaired) electrons. The molecule has 0 bridgehead atoms. The van der Waals surface area contributed by atoms with E-state index in [4.69, 9.17) is 0 Å². The first-order chi connectivity index (χ1) is 8.25. The summed E-state index contributed by atoms with van der Waals surface area (Å²) in [4.78, 5) is 4.22. The number of piperidine rings is 1. The minimum atomic E-state index is 0.464. The zero-order chi connectivity index (χ0) is 12.1. The quantitative estimate of drug-likeness (QED) is 0.838. The second-order valence-corrected chi connectivity index (χ2v) is 5.52. The normalized spacial score (nSPS) is 22.1. The summed E-state index contributed by atoms with van der Waals surface area (Å²) in [6, 6.07) is 5.15. The molecular weight excluding hydrogens is 278 g/mol. The molecule has 2 rings (SSSR count). The number of aromatic nitrogens is 1. The SMILES string of the molecule is CC(CC1CCCCN1)Nc1cccnc1Br. The molecule has 0 aliphatic carbocycles. The van der Waals surface area contributed by atoms with Crippen LogP contribution in [0.4, 0.5) is 5.69 Å². The first-order valence-corrected chi connectivity index (χ1v) is 7.15. The third-order valence-corrected chi connectivity index (χ3v) is 3.84. The fourth-order valence-corrected chi connectivity index (χ4v) is 2.73. The van der Waals surface area contributed by atoms with E-state index in [0.29, 0.717) is 12.1 Å². The largest absolute Gasteiger partial charge is 0.380 e. The molecule has 2 N–H and O–H groups in total. The summed E-state index contributed by atoms with van der Waals surface area (Å²) in [5.74, 6) is 0. The molecule has 2 heterocycles. The van der Waals surface area contributed by atoms with Crippen LogP contribution >= 0.6 is 15.9 Å².